The monoisotopic (exact) mass is 428 g/mol. The van der Waals surface area contributed by atoms with E-state index in [0.29, 0.717) is 12.2 Å². The molecule has 2 unspecified atom stereocenters. The zero-order valence-electron chi connectivity index (χ0n) is 17.0. The van der Waals surface area contributed by atoms with Gasteiger partial charge < -0.3 is 5.43 Å². The third-order valence-electron chi connectivity index (χ3n) is 5.95. The molecule has 2 atom stereocenters. The summed E-state index contributed by atoms with van der Waals surface area (Å²) in [6.07, 6.45) is 3.65. The van der Waals surface area contributed by atoms with Crippen LogP contribution >= 0.6 is 0 Å². The fourth-order valence-corrected chi connectivity index (χ4v) is 4.38. The Hall–Kier alpha value is -4.04. The Morgan fingerprint density at radius 1 is 0.969 bits per heavy atom. The number of hydrogen-bond acceptors (Lipinski definition) is 6. The Labute approximate surface area is 183 Å². The minimum atomic E-state index is -0.669. The van der Waals surface area contributed by atoms with Gasteiger partial charge in [-0.3, -0.25) is 24.6 Å². The van der Waals surface area contributed by atoms with Gasteiger partial charge in [0.2, 0.25) is 11.8 Å². The van der Waals surface area contributed by atoms with Crippen molar-refractivity contribution < 1.29 is 14.5 Å². The molecule has 0 bridgehead atoms. The molecule has 8 heteroatoms. The molecule has 0 radical (unpaired) electrons. The van der Waals surface area contributed by atoms with Gasteiger partial charge in [0.1, 0.15) is 6.04 Å². The van der Waals surface area contributed by atoms with Crippen LogP contribution in [0.3, 0.4) is 0 Å². The van der Waals surface area contributed by atoms with Gasteiger partial charge in [-0.2, -0.15) is 0 Å². The molecule has 0 aromatic heterocycles. The highest BCUT2D eigenvalue weighted by Crippen LogP contribution is 2.32. The van der Waals surface area contributed by atoms with E-state index in [1.807, 2.05) is 48.5 Å². The number of nitro groups is 1. The molecule has 0 saturated carbocycles. The zero-order valence-corrected chi connectivity index (χ0v) is 17.0. The third-order valence-corrected chi connectivity index (χ3v) is 5.95. The van der Waals surface area contributed by atoms with E-state index in [2.05, 4.69) is 5.43 Å². The number of rotatable bonds is 5. The van der Waals surface area contributed by atoms with Crippen LogP contribution in [0.15, 0.2) is 78.9 Å². The predicted octanol–water partition coefficient (Wildman–Crippen LogP) is 3.50. The average molecular weight is 428 g/mol. The molecule has 3 aromatic carbocycles. The largest absolute Gasteiger partial charge is 0.318 e. The summed E-state index contributed by atoms with van der Waals surface area (Å²) < 4.78 is 0. The summed E-state index contributed by atoms with van der Waals surface area (Å²) in [6.45, 7) is 0.643. The number of nitrogens with zero attached hydrogens (tertiary/aromatic N) is 3. The first kappa shape index (κ1) is 19.9. The van der Waals surface area contributed by atoms with E-state index < -0.39 is 16.9 Å². The van der Waals surface area contributed by atoms with Crippen LogP contribution in [0.4, 0.5) is 11.4 Å². The van der Waals surface area contributed by atoms with Crippen LogP contribution in [0.25, 0.3) is 10.8 Å². The molecule has 2 amide bonds. The maximum atomic E-state index is 13.3. The Morgan fingerprint density at radius 2 is 1.72 bits per heavy atom. The topological polar surface area (TPSA) is 95.8 Å². The summed E-state index contributed by atoms with van der Waals surface area (Å²) in [4.78, 5) is 38.2. The number of likely N-dealkylation sites (tertiary alicyclic amines) is 1. The molecule has 32 heavy (non-hydrogen) atoms. The highest BCUT2D eigenvalue weighted by molar-refractivity contribution is 6.08. The second-order valence-corrected chi connectivity index (χ2v) is 7.87. The van der Waals surface area contributed by atoms with Crippen molar-refractivity contribution in [2.24, 2.45) is 5.92 Å². The van der Waals surface area contributed by atoms with E-state index >= 15 is 0 Å². The number of amides is 2. The predicted molar refractivity (Wildman–Crippen MR) is 119 cm³/mol. The Morgan fingerprint density at radius 3 is 2.50 bits per heavy atom. The second-order valence-electron chi connectivity index (χ2n) is 7.87. The highest BCUT2D eigenvalue weighted by atomic mass is 16.6. The summed E-state index contributed by atoms with van der Waals surface area (Å²) in [5, 5.41) is 14.7. The highest BCUT2D eigenvalue weighted by Gasteiger charge is 2.50. The van der Waals surface area contributed by atoms with E-state index in [-0.39, 0.29) is 24.0 Å². The molecular weight excluding hydrogens is 408 g/mol. The van der Waals surface area contributed by atoms with Crippen LogP contribution in [0, 0.1) is 16.0 Å². The number of nitro benzene ring substituents is 1. The number of imide groups is 1. The first-order valence-electron chi connectivity index (χ1n) is 10.3. The lowest BCUT2D eigenvalue weighted by Gasteiger charge is -2.32. The van der Waals surface area contributed by atoms with Gasteiger partial charge >= 0.3 is 0 Å². The first-order chi connectivity index (χ1) is 15.5. The van der Waals surface area contributed by atoms with Gasteiger partial charge in [0.25, 0.3) is 5.69 Å². The lowest BCUT2D eigenvalue weighted by atomic mass is 9.98. The van der Waals surface area contributed by atoms with Crippen LogP contribution in [-0.4, -0.2) is 39.2 Å². The normalized spacial score (nSPS) is 20.6. The standard InChI is InChI=1S/C24H20N4O4/c29-23-21-9-4-14-27(25-18-10-12-19(13-11-18)28(31)32)22(21)24(30)26(23)15-17-7-3-6-16-5-1-2-8-20(16)17/h1-13,21-22,25H,14-15H2. The van der Waals surface area contributed by atoms with E-state index in [1.165, 1.54) is 17.0 Å². The van der Waals surface area contributed by atoms with Crippen molar-refractivity contribution in [2.75, 3.05) is 12.0 Å². The Kier molecular flexibility index (Phi) is 4.91. The SMILES string of the molecule is O=C1C2C=CCN(Nc3ccc([N+](=O)[O-])cc3)C2C(=O)N1Cc1cccc2ccccc12. The fraction of sp³-hybridized carbons (Fsp3) is 0.167. The van der Waals surface area contributed by atoms with Crippen molar-refractivity contribution in [3.05, 3.63) is 94.6 Å². The number of non-ortho nitro benzene ring substituents is 1. The second kappa shape index (κ2) is 7.90. The van der Waals surface area contributed by atoms with E-state index in [1.54, 1.807) is 23.2 Å². The van der Waals surface area contributed by atoms with Crippen molar-refractivity contribution in [1.82, 2.24) is 9.91 Å². The number of hydrogen-bond donors (Lipinski definition) is 1. The maximum Gasteiger partial charge on any atom is 0.269 e. The fourth-order valence-electron chi connectivity index (χ4n) is 4.38. The van der Waals surface area contributed by atoms with Crippen LogP contribution in [0.2, 0.25) is 0 Å². The number of anilines is 1. The number of benzene rings is 3. The van der Waals surface area contributed by atoms with E-state index in [0.717, 1.165) is 16.3 Å². The van der Waals surface area contributed by atoms with Gasteiger partial charge in [-0.05, 0) is 28.5 Å². The van der Waals surface area contributed by atoms with Crippen LogP contribution in [0.5, 0.6) is 0 Å². The molecule has 8 nitrogen and oxygen atoms in total. The molecule has 0 aliphatic carbocycles. The molecule has 2 aliphatic rings. The van der Waals surface area contributed by atoms with Gasteiger partial charge in [-0.25, -0.2) is 5.01 Å². The number of carbonyl (C=O) groups is 2. The zero-order chi connectivity index (χ0) is 22.2. The molecule has 1 saturated heterocycles. The smallest absolute Gasteiger partial charge is 0.269 e. The maximum absolute atomic E-state index is 13.3. The quantitative estimate of drug-likeness (QED) is 0.289. The summed E-state index contributed by atoms with van der Waals surface area (Å²) in [5.41, 5.74) is 4.66. The molecule has 1 N–H and O–H groups in total. The lowest BCUT2D eigenvalue weighted by molar-refractivity contribution is -0.384. The van der Waals surface area contributed by atoms with E-state index in [9.17, 15) is 19.7 Å². The molecule has 2 aliphatic heterocycles. The van der Waals surface area contributed by atoms with Gasteiger partial charge in [-0.1, -0.05) is 54.6 Å². The van der Waals surface area contributed by atoms with Gasteiger partial charge in [0.05, 0.1) is 17.4 Å². The first-order valence-corrected chi connectivity index (χ1v) is 10.3. The number of hydrazine groups is 1. The minimum Gasteiger partial charge on any atom is -0.318 e. The van der Waals surface area contributed by atoms with Gasteiger partial charge in [0, 0.05) is 24.4 Å². The minimum absolute atomic E-state index is 0.0136. The van der Waals surface area contributed by atoms with Crippen molar-refractivity contribution in [3.8, 4) is 0 Å². The summed E-state index contributed by atoms with van der Waals surface area (Å²) >= 11 is 0. The number of nitrogens with one attached hydrogen (secondary N) is 1. The third kappa shape index (κ3) is 3.40. The summed E-state index contributed by atoms with van der Waals surface area (Å²) in [6, 6.07) is 19.1. The molecule has 3 aromatic rings. The molecule has 160 valence electrons. The molecule has 2 heterocycles. The van der Waals surface area contributed by atoms with Crippen LogP contribution in [-0.2, 0) is 16.1 Å². The van der Waals surface area contributed by atoms with E-state index in [4.69, 9.17) is 0 Å². The molecular formula is C24H20N4O4. The van der Waals surface area contributed by atoms with Crippen molar-refractivity contribution >= 4 is 34.0 Å². The number of carbonyl (C=O) groups excluding carboxylic acids is 2. The van der Waals surface area contributed by atoms with Crippen LogP contribution in [0.1, 0.15) is 5.56 Å². The Balaban J connectivity index is 1.39. The number of fused-ring (bicyclic) bond motifs is 2. The summed E-state index contributed by atoms with van der Waals surface area (Å²) in [7, 11) is 0. The molecule has 0 spiro atoms. The van der Waals surface area contributed by atoms with Gasteiger partial charge in [-0.15, -0.1) is 0 Å². The lowest BCUT2D eigenvalue weighted by Crippen LogP contribution is -2.49. The van der Waals surface area contributed by atoms with Crippen molar-refractivity contribution in [1.29, 1.82) is 0 Å². The molecule has 1 fully saturated rings. The molecule has 5 rings (SSSR count). The summed E-state index contributed by atoms with van der Waals surface area (Å²) in [5.74, 6) is -1.05. The Bertz CT molecular complexity index is 1250. The van der Waals surface area contributed by atoms with Crippen LogP contribution < -0.4 is 5.43 Å². The van der Waals surface area contributed by atoms with Crippen molar-refractivity contribution in [3.63, 3.8) is 0 Å². The van der Waals surface area contributed by atoms with Gasteiger partial charge in [0.15, 0.2) is 0 Å². The van der Waals surface area contributed by atoms with Crippen molar-refractivity contribution in [2.45, 2.75) is 12.6 Å². The average Bonchev–Trinajstić information content (AvgIpc) is 3.05.